The number of nitrogens with zero attached hydrogens (tertiary/aromatic N) is 3. The molecule has 1 heterocycles. The highest BCUT2D eigenvalue weighted by Gasteiger charge is 2.37. The van der Waals surface area contributed by atoms with E-state index in [9.17, 15) is 14.4 Å². The normalized spacial score (nSPS) is 15.8. The van der Waals surface area contributed by atoms with Crippen LogP contribution in [0.15, 0.2) is 54.3 Å². The van der Waals surface area contributed by atoms with Crippen molar-refractivity contribution in [3.63, 3.8) is 0 Å². The maximum Gasteiger partial charge on any atom is 0.333 e. The average molecular weight is 299 g/mol. The summed E-state index contributed by atoms with van der Waals surface area (Å²) in [7, 11) is 4.55. The predicted molar refractivity (Wildman–Crippen MR) is 83.0 cm³/mol. The van der Waals surface area contributed by atoms with Crippen molar-refractivity contribution < 1.29 is 14.4 Å². The van der Waals surface area contributed by atoms with E-state index in [1.165, 1.54) is 20.2 Å². The molecule has 22 heavy (non-hydrogen) atoms. The van der Waals surface area contributed by atoms with E-state index in [1.54, 1.807) is 12.3 Å². The molecule has 0 atom stereocenters. The fourth-order valence-corrected chi connectivity index (χ4v) is 2.01. The number of hydrogen-bond acceptors (Lipinski definition) is 4. The first kappa shape index (κ1) is 15.5. The fraction of sp³-hybridized carbons (Fsp3) is 0.188. The van der Waals surface area contributed by atoms with Crippen molar-refractivity contribution in [3.05, 3.63) is 54.3 Å². The number of barbiturate groups is 1. The molecule has 0 radical (unpaired) electrons. The van der Waals surface area contributed by atoms with Crippen molar-refractivity contribution >= 4 is 23.5 Å². The largest absolute Gasteiger partial charge is 0.351 e. The quantitative estimate of drug-likeness (QED) is 0.628. The van der Waals surface area contributed by atoms with E-state index in [0.29, 0.717) is 0 Å². The molecule has 1 aliphatic heterocycles. The van der Waals surface area contributed by atoms with Crippen LogP contribution in [0.5, 0.6) is 0 Å². The summed E-state index contributed by atoms with van der Waals surface area (Å²) in [5, 5.41) is 0. The molecule has 1 fully saturated rings. The Hall–Kier alpha value is -2.89. The van der Waals surface area contributed by atoms with Crippen LogP contribution >= 0.6 is 0 Å². The maximum absolute atomic E-state index is 12.0. The van der Waals surface area contributed by atoms with E-state index in [4.69, 9.17) is 0 Å². The summed E-state index contributed by atoms with van der Waals surface area (Å²) in [6, 6.07) is 9.01. The first-order chi connectivity index (χ1) is 10.4. The van der Waals surface area contributed by atoms with Crippen LogP contribution in [0.1, 0.15) is 0 Å². The minimum absolute atomic E-state index is 0.0395. The Morgan fingerprint density at radius 1 is 0.955 bits per heavy atom. The Balaban J connectivity index is 2.18. The van der Waals surface area contributed by atoms with Gasteiger partial charge in [-0.25, -0.2) is 4.79 Å². The number of likely N-dealkylation sites (N-methyl/N-ethyl adjacent to an activating group) is 2. The number of amides is 4. The van der Waals surface area contributed by atoms with Gasteiger partial charge in [-0.3, -0.25) is 19.4 Å². The Labute approximate surface area is 128 Å². The van der Waals surface area contributed by atoms with Crippen LogP contribution in [-0.2, 0) is 9.59 Å². The zero-order chi connectivity index (χ0) is 16.3. The topological polar surface area (TPSA) is 60.9 Å². The van der Waals surface area contributed by atoms with Crippen LogP contribution in [0.3, 0.4) is 0 Å². The van der Waals surface area contributed by atoms with Crippen molar-refractivity contribution in [2.24, 2.45) is 0 Å². The molecule has 0 aromatic heterocycles. The molecule has 4 amide bonds. The molecule has 0 unspecified atom stereocenters. The van der Waals surface area contributed by atoms with E-state index >= 15 is 0 Å². The third-order valence-electron chi connectivity index (χ3n) is 3.38. The predicted octanol–water partition coefficient (Wildman–Crippen LogP) is 1.61. The molecule has 114 valence electrons. The first-order valence-electron chi connectivity index (χ1n) is 6.70. The van der Waals surface area contributed by atoms with Gasteiger partial charge in [0.05, 0.1) is 0 Å². The Morgan fingerprint density at radius 3 is 2.05 bits per heavy atom. The summed E-state index contributed by atoms with van der Waals surface area (Å²) in [4.78, 5) is 39.3. The number of carbonyl (C=O) groups excluding carboxylic acids is 3. The molecule has 1 aliphatic rings. The lowest BCUT2D eigenvalue weighted by molar-refractivity contribution is -0.134. The first-order valence-corrected chi connectivity index (χ1v) is 6.70. The van der Waals surface area contributed by atoms with E-state index in [2.05, 4.69) is 0 Å². The van der Waals surface area contributed by atoms with Gasteiger partial charge in [0.25, 0.3) is 11.8 Å². The summed E-state index contributed by atoms with van der Waals surface area (Å²) in [5.41, 5.74) is 0.935. The number of benzene rings is 1. The van der Waals surface area contributed by atoms with Gasteiger partial charge in [0.1, 0.15) is 5.57 Å². The molecule has 2 rings (SSSR count). The number of carbonyl (C=O) groups is 3. The molecule has 0 spiro atoms. The van der Waals surface area contributed by atoms with Crippen molar-refractivity contribution in [2.75, 3.05) is 26.0 Å². The zero-order valence-corrected chi connectivity index (χ0v) is 12.7. The van der Waals surface area contributed by atoms with Gasteiger partial charge in [0.15, 0.2) is 0 Å². The molecule has 1 saturated heterocycles. The van der Waals surface area contributed by atoms with Crippen LogP contribution < -0.4 is 4.90 Å². The van der Waals surface area contributed by atoms with E-state index in [0.717, 1.165) is 15.5 Å². The highest BCUT2D eigenvalue weighted by molar-refractivity contribution is 6.28. The number of imide groups is 2. The third-order valence-corrected chi connectivity index (χ3v) is 3.38. The molecule has 0 aliphatic carbocycles. The average Bonchev–Trinajstić information content (AvgIpc) is 2.55. The lowest BCUT2D eigenvalue weighted by atomic mass is 10.1. The molecule has 0 N–H and O–H groups in total. The molecular formula is C16H17N3O3. The number of allylic oxidation sites excluding steroid dienone is 2. The van der Waals surface area contributed by atoms with Gasteiger partial charge in [0, 0.05) is 33.0 Å². The van der Waals surface area contributed by atoms with Gasteiger partial charge in [-0.15, -0.1) is 0 Å². The van der Waals surface area contributed by atoms with Crippen LogP contribution in [0.2, 0.25) is 0 Å². The Bertz CT molecular complexity index is 638. The van der Waals surface area contributed by atoms with Crippen LogP contribution in [0.4, 0.5) is 10.5 Å². The molecule has 0 saturated carbocycles. The minimum Gasteiger partial charge on any atom is -0.351 e. The van der Waals surface area contributed by atoms with E-state index in [-0.39, 0.29) is 5.57 Å². The van der Waals surface area contributed by atoms with Gasteiger partial charge in [-0.1, -0.05) is 18.2 Å². The van der Waals surface area contributed by atoms with Crippen molar-refractivity contribution in [3.8, 4) is 0 Å². The number of anilines is 1. The van der Waals surface area contributed by atoms with Gasteiger partial charge in [-0.05, 0) is 24.3 Å². The van der Waals surface area contributed by atoms with Gasteiger partial charge in [-0.2, -0.15) is 0 Å². The molecule has 6 heteroatoms. The number of urea groups is 1. The Kier molecular flexibility index (Phi) is 4.41. The van der Waals surface area contributed by atoms with Crippen LogP contribution in [0.25, 0.3) is 0 Å². The second-order valence-electron chi connectivity index (χ2n) is 4.88. The lowest BCUT2D eigenvalue weighted by Gasteiger charge is -2.28. The summed E-state index contributed by atoms with van der Waals surface area (Å²) >= 11 is 0. The second kappa shape index (κ2) is 6.26. The highest BCUT2D eigenvalue weighted by atomic mass is 16.2. The SMILES string of the molecule is CN1C(=O)C(=CC=CN(C)c2ccccc2)C(=O)N(C)C1=O. The van der Waals surface area contributed by atoms with Crippen molar-refractivity contribution in [1.29, 1.82) is 0 Å². The number of rotatable bonds is 3. The van der Waals surface area contributed by atoms with E-state index in [1.807, 2.05) is 42.3 Å². The number of para-hydroxylation sites is 1. The maximum atomic E-state index is 12.0. The smallest absolute Gasteiger partial charge is 0.333 e. The summed E-state index contributed by atoms with van der Waals surface area (Å²) in [5.74, 6) is -1.19. The standard InChI is InChI=1S/C16H17N3O3/c1-17(12-8-5-4-6-9-12)11-7-10-13-14(20)18(2)16(22)19(3)15(13)21/h4-11H,1-3H3. The lowest BCUT2D eigenvalue weighted by Crippen LogP contribution is -2.52. The monoisotopic (exact) mass is 299 g/mol. The van der Waals surface area contributed by atoms with Gasteiger partial charge in [0.2, 0.25) is 0 Å². The van der Waals surface area contributed by atoms with Crippen molar-refractivity contribution in [1.82, 2.24) is 9.80 Å². The highest BCUT2D eigenvalue weighted by Crippen LogP contribution is 2.15. The van der Waals surface area contributed by atoms with Crippen LogP contribution in [0, 0.1) is 0 Å². The molecule has 1 aromatic carbocycles. The second-order valence-corrected chi connectivity index (χ2v) is 4.88. The van der Waals surface area contributed by atoms with Gasteiger partial charge >= 0.3 is 6.03 Å². The molecule has 6 nitrogen and oxygen atoms in total. The van der Waals surface area contributed by atoms with Crippen molar-refractivity contribution in [2.45, 2.75) is 0 Å². The zero-order valence-electron chi connectivity index (χ0n) is 12.7. The fourth-order valence-electron chi connectivity index (χ4n) is 2.01. The van der Waals surface area contributed by atoms with Crippen LogP contribution in [-0.4, -0.2) is 48.8 Å². The summed E-state index contributed by atoms with van der Waals surface area (Å²) in [6.07, 6.45) is 4.76. The third kappa shape index (κ3) is 2.90. The minimum atomic E-state index is -0.627. The van der Waals surface area contributed by atoms with E-state index < -0.39 is 17.8 Å². The van der Waals surface area contributed by atoms with Gasteiger partial charge < -0.3 is 4.90 Å². The summed E-state index contributed by atoms with van der Waals surface area (Å²) in [6.45, 7) is 0. The summed E-state index contributed by atoms with van der Waals surface area (Å²) < 4.78 is 0. The number of hydrogen-bond donors (Lipinski definition) is 0. The Morgan fingerprint density at radius 2 is 1.50 bits per heavy atom. The molecule has 1 aromatic rings. The molecule has 0 bridgehead atoms. The molecular weight excluding hydrogens is 282 g/mol.